The zero-order valence-electron chi connectivity index (χ0n) is 11.1. The van der Waals surface area contributed by atoms with Crippen LogP contribution in [0.1, 0.15) is 70.6 Å². The summed E-state index contributed by atoms with van der Waals surface area (Å²) in [5.74, 6) is 3.40. The average Bonchev–Trinajstić information content (AvgIpc) is 2.39. The largest absolute Gasteiger partial charge is 0.0864 e. The molecule has 0 nitrogen and oxygen atoms in total. The van der Waals surface area contributed by atoms with Crippen LogP contribution in [0.15, 0.2) is 0 Å². The maximum Gasteiger partial charge on any atom is 0.0000660 e. The summed E-state index contributed by atoms with van der Waals surface area (Å²) >= 11 is 2.62. The highest BCUT2D eigenvalue weighted by atomic mass is 127. The van der Waals surface area contributed by atoms with Crippen LogP contribution in [0.4, 0.5) is 0 Å². The quantitative estimate of drug-likeness (QED) is 0.452. The number of halogens is 1. The fraction of sp³-hybridized carbons (Fsp3) is 1.00. The zero-order valence-corrected chi connectivity index (χ0v) is 13.3. The number of hydrogen-bond acceptors (Lipinski definition) is 0. The van der Waals surface area contributed by atoms with Crippen LogP contribution in [0, 0.1) is 23.2 Å². The molecule has 0 aromatic heterocycles. The van der Waals surface area contributed by atoms with Crippen molar-refractivity contribution in [1.82, 2.24) is 0 Å². The second-order valence-electron chi connectivity index (χ2n) is 6.90. The Balaban J connectivity index is 1.81. The molecule has 0 N–H and O–H groups in total. The van der Waals surface area contributed by atoms with Gasteiger partial charge >= 0.3 is 0 Å². The van der Waals surface area contributed by atoms with E-state index in [4.69, 9.17) is 0 Å². The number of hydrogen-bond donors (Lipinski definition) is 0. The second kappa shape index (κ2) is 5.38. The normalized spacial score (nSPS) is 46.1. The molecule has 98 valence electrons. The first kappa shape index (κ1) is 12.7. The van der Waals surface area contributed by atoms with Gasteiger partial charge in [-0.3, -0.25) is 0 Å². The van der Waals surface area contributed by atoms with Gasteiger partial charge in [0.25, 0.3) is 0 Å². The van der Waals surface area contributed by atoms with E-state index in [0.29, 0.717) is 0 Å². The Morgan fingerprint density at radius 3 is 2.59 bits per heavy atom. The third kappa shape index (κ3) is 2.30. The highest BCUT2D eigenvalue weighted by molar-refractivity contribution is 14.1. The van der Waals surface area contributed by atoms with Crippen molar-refractivity contribution in [2.45, 2.75) is 70.6 Å². The van der Waals surface area contributed by atoms with Crippen molar-refractivity contribution in [3.8, 4) is 0 Å². The third-order valence-corrected chi connectivity index (χ3v) is 6.86. The summed E-state index contributed by atoms with van der Waals surface area (Å²) in [6, 6.07) is 0. The molecular formula is C16H27I. The SMILES string of the molecule is ICCC12CCCCC1C1CCCCC1CC2. The van der Waals surface area contributed by atoms with Crippen molar-refractivity contribution in [2.75, 3.05) is 4.43 Å². The van der Waals surface area contributed by atoms with Crippen LogP contribution in [0.5, 0.6) is 0 Å². The molecule has 4 unspecified atom stereocenters. The monoisotopic (exact) mass is 346 g/mol. The highest BCUT2D eigenvalue weighted by Gasteiger charge is 2.49. The fourth-order valence-corrected chi connectivity index (χ4v) is 6.61. The molecule has 0 aliphatic heterocycles. The van der Waals surface area contributed by atoms with Crippen LogP contribution in [0.2, 0.25) is 0 Å². The summed E-state index contributed by atoms with van der Waals surface area (Å²) in [6.07, 6.45) is 17.1. The van der Waals surface area contributed by atoms with Gasteiger partial charge in [0, 0.05) is 4.43 Å². The van der Waals surface area contributed by atoms with Gasteiger partial charge in [-0.2, -0.15) is 0 Å². The van der Waals surface area contributed by atoms with Crippen molar-refractivity contribution in [3.05, 3.63) is 0 Å². The number of fused-ring (bicyclic) bond motifs is 3. The fourth-order valence-electron chi connectivity index (χ4n) is 5.53. The topological polar surface area (TPSA) is 0 Å². The van der Waals surface area contributed by atoms with Gasteiger partial charge in [-0.05, 0) is 61.7 Å². The average molecular weight is 346 g/mol. The van der Waals surface area contributed by atoms with Gasteiger partial charge in [0.15, 0.2) is 0 Å². The Bertz CT molecular complexity index is 258. The van der Waals surface area contributed by atoms with Crippen molar-refractivity contribution < 1.29 is 0 Å². The van der Waals surface area contributed by atoms with Crippen LogP contribution in [-0.4, -0.2) is 4.43 Å². The van der Waals surface area contributed by atoms with Crippen LogP contribution in [0.25, 0.3) is 0 Å². The Labute approximate surface area is 120 Å². The van der Waals surface area contributed by atoms with E-state index in [1.807, 2.05) is 0 Å². The van der Waals surface area contributed by atoms with E-state index in [1.165, 1.54) is 36.5 Å². The van der Waals surface area contributed by atoms with Crippen molar-refractivity contribution in [2.24, 2.45) is 23.2 Å². The third-order valence-electron chi connectivity index (χ3n) is 6.32. The molecule has 0 amide bonds. The van der Waals surface area contributed by atoms with Gasteiger partial charge in [-0.15, -0.1) is 0 Å². The summed E-state index contributed by atoms with van der Waals surface area (Å²) in [4.78, 5) is 0. The molecule has 0 bridgehead atoms. The lowest BCUT2D eigenvalue weighted by Crippen LogP contribution is -2.46. The van der Waals surface area contributed by atoms with Crippen LogP contribution in [0.3, 0.4) is 0 Å². The number of alkyl halides is 1. The molecule has 0 aromatic carbocycles. The molecule has 1 heteroatoms. The van der Waals surface area contributed by atoms with E-state index in [1.54, 1.807) is 38.5 Å². The van der Waals surface area contributed by atoms with Crippen molar-refractivity contribution >= 4 is 22.6 Å². The molecule has 3 aliphatic rings. The minimum absolute atomic E-state index is 0.804. The van der Waals surface area contributed by atoms with E-state index in [2.05, 4.69) is 22.6 Å². The van der Waals surface area contributed by atoms with Crippen LogP contribution < -0.4 is 0 Å². The molecule has 17 heavy (non-hydrogen) atoms. The van der Waals surface area contributed by atoms with Crippen molar-refractivity contribution in [3.63, 3.8) is 0 Å². The van der Waals surface area contributed by atoms with Gasteiger partial charge < -0.3 is 0 Å². The van der Waals surface area contributed by atoms with Crippen LogP contribution in [-0.2, 0) is 0 Å². The predicted molar refractivity (Wildman–Crippen MR) is 82.6 cm³/mol. The van der Waals surface area contributed by atoms with E-state index < -0.39 is 0 Å². The van der Waals surface area contributed by atoms with Gasteiger partial charge in [0.05, 0.1) is 0 Å². The molecule has 3 rings (SSSR count). The molecule has 3 aliphatic carbocycles. The zero-order chi connectivity index (χ0) is 11.7. The van der Waals surface area contributed by atoms with E-state index in [9.17, 15) is 0 Å². The summed E-state index contributed by atoms with van der Waals surface area (Å²) in [7, 11) is 0. The minimum atomic E-state index is 0.804. The molecule has 0 saturated heterocycles. The van der Waals surface area contributed by atoms with E-state index >= 15 is 0 Å². The Hall–Kier alpha value is 0.730. The van der Waals surface area contributed by atoms with Gasteiger partial charge in [-0.25, -0.2) is 0 Å². The number of rotatable bonds is 2. The standard InChI is InChI=1S/C16H27I/c17-12-11-16-9-4-3-7-15(16)14-6-2-1-5-13(14)8-10-16/h13-15H,1-12H2. The summed E-state index contributed by atoms with van der Waals surface area (Å²) in [6.45, 7) is 0. The molecule has 0 spiro atoms. The van der Waals surface area contributed by atoms with Gasteiger partial charge in [0.1, 0.15) is 0 Å². The van der Waals surface area contributed by atoms with Gasteiger partial charge in [0.2, 0.25) is 0 Å². The summed E-state index contributed by atoms with van der Waals surface area (Å²) in [5, 5.41) is 0. The maximum absolute atomic E-state index is 2.62. The first-order chi connectivity index (χ1) is 8.36. The lowest BCUT2D eigenvalue weighted by atomic mass is 9.50. The molecular weight excluding hydrogens is 319 g/mol. The Morgan fingerprint density at radius 1 is 0.882 bits per heavy atom. The molecule has 4 atom stereocenters. The highest BCUT2D eigenvalue weighted by Crippen LogP contribution is 2.59. The molecule has 0 radical (unpaired) electrons. The molecule has 3 saturated carbocycles. The second-order valence-corrected chi connectivity index (χ2v) is 7.98. The summed E-state index contributed by atoms with van der Waals surface area (Å²) in [5.41, 5.74) is 0.804. The van der Waals surface area contributed by atoms with E-state index in [-0.39, 0.29) is 0 Å². The smallest absolute Gasteiger partial charge is 0.0000660 e. The summed E-state index contributed by atoms with van der Waals surface area (Å²) < 4.78 is 1.39. The molecule has 3 fully saturated rings. The predicted octanol–water partition coefficient (Wildman–Crippen LogP) is 5.59. The Morgan fingerprint density at radius 2 is 1.71 bits per heavy atom. The minimum Gasteiger partial charge on any atom is -0.0864 e. The lowest BCUT2D eigenvalue weighted by molar-refractivity contribution is -0.0491. The van der Waals surface area contributed by atoms with Crippen LogP contribution >= 0.6 is 22.6 Å². The van der Waals surface area contributed by atoms with Gasteiger partial charge in [-0.1, -0.05) is 54.7 Å². The maximum atomic E-state index is 2.62. The van der Waals surface area contributed by atoms with E-state index in [0.717, 1.165) is 23.2 Å². The Kier molecular flexibility index (Phi) is 4.04. The van der Waals surface area contributed by atoms with Crippen molar-refractivity contribution in [1.29, 1.82) is 0 Å². The molecule has 0 aromatic rings. The first-order valence-electron chi connectivity index (χ1n) is 7.92. The molecule has 0 heterocycles. The lowest BCUT2D eigenvalue weighted by Gasteiger charge is -2.55. The first-order valence-corrected chi connectivity index (χ1v) is 9.44.